The van der Waals surface area contributed by atoms with Gasteiger partial charge in [-0.25, -0.2) is 15.0 Å². The molecule has 60 heavy (non-hydrogen) atoms. The van der Waals surface area contributed by atoms with Crippen molar-refractivity contribution in [3.63, 3.8) is 0 Å². The van der Waals surface area contributed by atoms with Crippen LogP contribution >= 0.6 is 22.7 Å². The zero-order valence-electron chi connectivity index (χ0n) is 32.7. The Bertz CT molecular complexity index is 3640. The Kier molecular flexibility index (Phi) is 7.07. The van der Waals surface area contributed by atoms with Crippen molar-refractivity contribution < 1.29 is 4.42 Å². The fourth-order valence-corrected chi connectivity index (χ4v) is 12.2. The average molecular weight is 804 g/mol. The van der Waals surface area contributed by atoms with Gasteiger partial charge in [0.2, 0.25) is 0 Å². The summed E-state index contributed by atoms with van der Waals surface area (Å²) in [7, 11) is 0. The fourth-order valence-electron chi connectivity index (χ4n) is 9.93. The SMILES string of the molecule is CC1(C)c2ccccc2-c2cccc(-c3ccc4oc5cccc(-c6nc(-c7cccc8sc9ccccc9c78)nc(-c7cccc8sc9ccccc9c78)n6)c5c4c3)c21. The third-order valence-electron chi connectivity index (χ3n) is 12.5. The van der Waals surface area contributed by atoms with Crippen LogP contribution in [0.4, 0.5) is 0 Å². The Labute approximate surface area is 353 Å². The number of hydrogen-bond donors (Lipinski definition) is 0. The topological polar surface area (TPSA) is 51.8 Å². The predicted molar refractivity (Wildman–Crippen MR) is 252 cm³/mol. The lowest BCUT2D eigenvalue weighted by Crippen LogP contribution is -2.16. The largest absolute Gasteiger partial charge is 0.456 e. The maximum absolute atomic E-state index is 6.64. The molecule has 13 rings (SSSR count). The van der Waals surface area contributed by atoms with E-state index in [4.69, 9.17) is 19.4 Å². The van der Waals surface area contributed by atoms with Crippen molar-refractivity contribution in [2.24, 2.45) is 0 Å². The van der Waals surface area contributed by atoms with E-state index in [2.05, 4.69) is 172 Å². The minimum Gasteiger partial charge on any atom is -0.456 e. The van der Waals surface area contributed by atoms with Gasteiger partial charge in [0.25, 0.3) is 0 Å². The van der Waals surface area contributed by atoms with E-state index < -0.39 is 0 Å². The number of nitrogens with zero attached hydrogens (tertiary/aromatic N) is 3. The van der Waals surface area contributed by atoms with Gasteiger partial charge < -0.3 is 4.42 Å². The molecule has 0 amide bonds. The monoisotopic (exact) mass is 803 g/mol. The molecule has 0 bridgehead atoms. The molecule has 0 N–H and O–H groups in total. The smallest absolute Gasteiger partial charge is 0.164 e. The molecule has 6 heteroatoms. The van der Waals surface area contributed by atoms with E-state index in [-0.39, 0.29) is 5.41 Å². The standard InChI is InChI=1S/C54H33N3OS2/c1-54(2)40-21-6-3-13-32(40)33-17-9-16-31(50(33)54)30-27-28-41-39(29-30)47-36(18-10-22-42(47)58-41)51-55-52(37-19-11-25-45-48(37)34-14-4-7-23-43(34)59-45)57-53(56-51)38-20-12-26-46-49(38)35-15-5-8-24-44(35)60-46/h3-29H,1-2H3. The second-order valence-corrected chi connectivity index (χ2v) is 18.4. The zero-order chi connectivity index (χ0) is 39.7. The lowest BCUT2D eigenvalue weighted by atomic mass is 9.79. The van der Waals surface area contributed by atoms with Crippen LogP contribution in [0.1, 0.15) is 25.0 Å². The minimum absolute atomic E-state index is 0.147. The van der Waals surface area contributed by atoms with E-state index in [9.17, 15) is 0 Å². The molecular formula is C54H33N3OS2. The highest BCUT2D eigenvalue weighted by atomic mass is 32.1. The molecule has 282 valence electrons. The molecule has 4 aromatic heterocycles. The maximum atomic E-state index is 6.64. The van der Waals surface area contributed by atoms with Gasteiger partial charge in [0.1, 0.15) is 11.2 Å². The quantitative estimate of drug-likeness (QED) is 0.178. The van der Waals surface area contributed by atoms with Gasteiger partial charge in [-0.1, -0.05) is 135 Å². The average Bonchev–Trinajstić information content (AvgIpc) is 4.04. The van der Waals surface area contributed by atoms with E-state index in [1.807, 2.05) is 6.07 Å². The number of benzene rings is 8. The van der Waals surface area contributed by atoms with Gasteiger partial charge in [-0.3, -0.25) is 0 Å². The van der Waals surface area contributed by atoms with Crippen LogP contribution in [0.15, 0.2) is 168 Å². The van der Waals surface area contributed by atoms with Crippen LogP contribution in [0, 0.1) is 0 Å². The summed E-state index contributed by atoms with van der Waals surface area (Å²) in [6.45, 7) is 4.69. The molecule has 0 radical (unpaired) electrons. The second-order valence-electron chi connectivity index (χ2n) is 16.3. The van der Waals surface area contributed by atoms with E-state index in [1.165, 1.54) is 57.4 Å². The molecule has 0 spiro atoms. The number of rotatable bonds is 4. The number of fused-ring (bicyclic) bond motifs is 12. The van der Waals surface area contributed by atoms with Gasteiger partial charge in [0, 0.05) is 73.2 Å². The van der Waals surface area contributed by atoms with E-state index in [0.717, 1.165) is 55.0 Å². The maximum Gasteiger partial charge on any atom is 0.164 e. The first-order valence-electron chi connectivity index (χ1n) is 20.3. The molecule has 1 aliphatic carbocycles. The molecular weight excluding hydrogens is 771 g/mol. The Morgan fingerprint density at radius 1 is 0.400 bits per heavy atom. The Balaban J connectivity index is 1.07. The van der Waals surface area contributed by atoms with Gasteiger partial charge in [0.05, 0.1) is 0 Å². The second kappa shape index (κ2) is 12.5. The highest BCUT2D eigenvalue weighted by Gasteiger charge is 2.37. The van der Waals surface area contributed by atoms with Crippen molar-refractivity contribution in [1.29, 1.82) is 0 Å². The Morgan fingerprint density at radius 2 is 0.900 bits per heavy atom. The van der Waals surface area contributed by atoms with Crippen LogP contribution in [0.3, 0.4) is 0 Å². The van der Waals surface area contributed by atoms with Gasteiger partial charge in [0.15, 0.2) is 17.5 Å². The molecule has 0 atom stereocenters. The Morgan fingerprint density at radius 3 is 1.57 bits per heavy atom. The van der Waals surface area contributed by atoms with Crippen LogP contribution in [-0.4, -0.2) is 15.0 Å². The van der Waals surface area contributed by atoms with Crippen LogP contribution in [0.5, 0.6) is 0 Å². The first-order valence-corrected chi connectivity index (χ1v) is 21.9. The van der Waals surface area contributed by atoms with E-state index >= 15 is 0 Å². The van der Waals surface area contributed by atoms with Crippen molar-refractivity contribution >= 4 is 85.0 Å². The zero-order valence-corrected chi connectivity index (χ0v) is 34.3. The van der Waals surface area contributed by atoms with E-state index in [0.29, 0.717) is 17.5 Å². The number of thiophene rings is 2. The van der Waals surface area contributed by atoms with Gasteiger partial charge in [-0.05, 0) is 75.8 Å². The van der Waals surface area contributed by atoms with E-state index in [1.54, 1.807) is 22.7 Å². The lowest BCUT2D eigenvalue weighted by molar-refractivity contribution is 0.662. The first kappa shape index (κ1) is 33.9. The number of furan rings is 1. The molecule has 0 aliphatic heterocycles. The summed E-state index contributed by atoms with van der Waals surface area (Å²) in [6, 6.07) is 58.6. The highest BCUT2D eigenvalue weighted by molar-refractivity contribution is 7.26. The van der Waals surface area contributed by atoms with Crippen LogP contribution in [0.25, 0.3) is 119 Å². The van der Waals surface area contributed by atoms with Crippen molar-refractivity contribution in [1.82, 2.24) is 15.0 Å². The summed E-state index contributed by atoms with van der Waals surface area (Å²) in [5.74, 6) is 1.90. The summed E-state index contributed by atoms with van der Waals surface area (Å²) in [5, 5.41) is 6.76. The molecule has 4 heterocycles. The molecule has 0 fully saturated rings. The summed E-state index contributed by atoms with van der Waals surface area (Å²) in [5.41, 5.74) is 12.1. The molecule has 0 saturated heterocycles. The van der Waals surface area contributed by atoms with Crippen LogP contribution in [-0.2, 0) is 5.41 Å². The van der Waals surface area contributed by atoms with Gasteiger partial charge >= 0.3 is 0 Å². The third kappa shape index (κ3) is 4.80. The molecule has 4 nitrogen and oxygen atoms in total. The van der Waals surface area contributed by atoms with Crippen molar-refractivity contribution in [3.8, 4) is 56.4 Å². The van der Waals surface area contributed by atoms with Crippen LogP contribution in [0.2, 0.25) is 0 Å². The van der Waals surface area contributed by atoms with Gasteiger partial charge in [-0.15, -0.1) is 22.7 Å². The molecule has 12 aromatic rings. The summed E-state index contributed by atoms with van der Waals surface area (Å²) in [6.07, 6.45) is 0. The summed E-state index contributed by atoms with van der Waals surface area (Å²) in [4.78, 5) is 16.2. The van der Waals surface area contributed by atoms with Crippen molar-refractivity contribution in [3.05, 3.63) is 175 Å². The third-order valence-corrected chi connectivity index (χ3v) is 14.8. The predicted octanol–water partition coefficient (Wildman–Crippen LogP) is 15.5. The molecule has 8 aromatic carbocycles. The normalized spacial score (nSPS) is 13.3. The molecule has 0 saturated carbocycles. The first-order chi connectivity index (χ1) is 29.5. The van der Waals surface area contributed by atoms with Crippen LogP contribution < -0.4 is 0 Å². The molecule has 1 aliphatic rings. The fraction of sp³-hybridized carbons (Fsp3) is 0.0556. The summed E-state index contributed by atoms with van der Waals surface area (Å²) < 4.78 is 11.5. The number of aromatic nitrogens is 3. The lowest BCUT2D eigenvalue weighted by Gasteiger charge is -2.24. The van der Waals surface area contributed by atoms with Gasteiger partial charge in [-0.2, -0.15) is 0 Å². The minimum atomic E-state index is -0.147. The summed E-state index contributed by atoms with van der Waals surface area (Å²) >= 11 is 3.60. The molecule has 0 unspecified atom stereocenters. The highest BCUT2D eigenvalue weighted by Crippen LogP contribution is 2.52. The van der Waals surface area contributed by atoms with Crippen molar-refractivity contribution in [2.45, 2.75) is 19.3 Å². The number of hydrogen-bond acceptors (Lipinski definition) is 6. The Hall–Kier alpha value is -6.99. The van der Waals surface area contributed by atoms with Crippen molar-refractivity contribution in [2.75, 3.05) is 0 Å².